The molecule has 2 amide bonds. The average Bonchev–Trinajstić information content (AvgIpc) is 3.04. The highest BCUT2D eigenvalue weighted by Crippen LogP contribution is 2.32. The summed E-state index contributed by atoms with van der Waals surface area (Å²) < 4.78 is 0. The van der Waals surface area contributed by atoms with Crippen molar-refractivity contribution in [1.29, 1.82) is 0 Å². The number of aryl methyl sites for hydroxylation is 2. The van der Waals surface area contributed by atoms with Crippen LogP contribution < -0.4 is 11.1 Å². The van der Waals surface area contributed by atoms with Crippen LogP contribution in [0.1, 0.15) is 37.3 Å². The molecule has 1 aliphatic carbocycles. The number of nitrogens with two attached hydrogens (primary N) is 1. The van der Waals surface area contributed by atoms with E-state index in [2.05, 4.69) is 5.32 Å². The number of hydrogen-bond donors (Lipinski definition) is 2. The van der Waals surface area contributed by atoms with Crippen LogP contribution in [0.5, 0.6) is 0 Å². The number of rotatable bonds is 6. The van der Waals surface area contributed by atoms with Gasteiger partial charge in [0.15, 0.2) is 0 Å². The van der Waals surface area contributed by atoms with Crippen molar-refractivity contribution in [3.05, 3.63) is 29.3 Å². The highest BCUT2D eigenvalue weighted by Gasteiger charge is 2.34. The smallest absolute Gasteiger partial charge is 0.244 e. The van der Waals surface area contributed by atoms with E-state index in [4.69, 9.17) is 5.73 Å². The summed E-state index contributed by atoms with van der Waals surface area (Å²) in [5.74, 6) is 0.156. The average molecular weight is 331 g/mol. The minimum Gasteiger partial charge on any atom is -0.333 e. The topological polar surface area (TPSA) is 75.4 Å². The van der Waals surface area contributed by atoms with Gasteiger partial charge in [0.1, 0.15) is 0 Å². The van der Waals surface area contributed by atoms with Crippen LogP contribution in [0.2, 0.25) is 0 Å². The minimum atomic E-state index is -0.148. The maximum absolute atomic E-state index is 12.8. The van der Waals surface area contributed by atoms with E-state index in [1.165, 1.54) is 0 Å². The van der Waals surface area contributed by atoms with E-state index < -0.39 is 0 Å². The highest BCUT2D eigenvalue weighted by molar-refractivity contribution is 5.96. The molecular formula is C19H29N3O2. The first-order valence-electron chi connectivity index (χ1n) is 8.82. The number of likely N-dealkylation sites (N-methyl/N-ethyl adjacent to an activating group) is 1. The summed E-state index contributed by atoms with van der Waals surface area (Å²) in [7, 11) is 0. The van der Waals surface area contributed by atoms with Crippen LogP contribution in [0.3, 0.4) is 0 Å². The van der Waals surface area contributed by atoms with Crippen LogP contribution in [-0.2, 0) is 9.59 Å². The molecule has 0 saturated heterocycles. The van der Waals surface area contributed by atoms with Gasteiger partial charge in [-0.25, -0.2) is 0 Å². The minimum absolute atomic E-state index is 0.0250. The van der Waals surface area contributed by atoms with Gasteiger partial charge in [0, 0.05) is 18.2 Å². The molecule has 1 aromatic rings. The molecule has 3 N–H and O–H groups in total. The SMILES string of the molecule is CCN(CC(=O)Nc1c(C)cccc1C)C(=O)[C@@H]1CCC[C@@H]1CN. The van der Waals surface area contributed by atoms with E-state index in [-0.39, 0.29) is 30.2 Å². The van der Waals surface area contributed by atoms with E-state index in [1.54, 1.807) is 4.90 Å². The van der Waals surface area contributed by atoms with E-state index in [1.807, 2.05) is 39.0 Å². The fraction of sp³-hybridized carbons (Fsp3) is 0.579. The van der Waals surface area contributed by atoms with E-state index in [0.717, 1.165) is 36.1 Å². The number of para-hydroxylation sites is 1. The molecule has 0 aliphatic heterocycles. The lowest BCUT2D eigenvalue weighted by Gasteiger charge is -2.26. The summed E-state index contributed by atoms with van der Waals surface area (Å²) in [5, 5.41) is 2.96. The monoisotopic (exact) mass is 331 g/mol. The lowest BCUT2D eigenvalue weighted by molar-refractivity contribution is -0.139. The van der Waals surface area contributed by atoms with Gasteiger partial charge in [-0.15, -0.1) is 0 Å². The Kier molecular flexibility index (Phi) is 6.37. The molecule has 2 rings (SSSR count). The van der Waals surface area contributed by atoms with Gasteiger partial charge in [-0.1, -0.05) is 24.6 Å². The van der Waals surface area contributed by atoms with Crippen LogP contribution in [0.25, 0.3) is 0 Å². The number of anilines is 1. The molecule has 132 valence electrons. The molecule has 0 heterocycles. The molecule has 0 unspecified atom stereocenters. The normalized spacial score (nSPS) is 20.0. The Morgan fingerprint density at radius 3 is 2.50 bits per heavy atom. The number of benzene rings is 1. The Labute approximate surface area is 144 Å². The highest BCUT2D eigenvalue weighted by atomic mass is 16.2. The molecule has 0 aromatic heterocycles. The maximum atomic E-state index is 12.8. The largest absolute Gasteiger partial charge is 0.333 e. The van der Waals surface area contributed by atoms with Gasteiger partial charge in [-0.3, -0.25) is 9.59 Å². The van der Waals surface area contributed by atoms with Crippen molar-refractivity contribution in [2.24, 2.45) is 17.6 Å². The molecular weight excluding hydrogens is 302 g/mol. The van der Waals surface area contributed by atoms with Gasteiger partial charge < -0.3 is 16.0 Å². The molecule has 24 heavy (non-hydrogen) atoms. The van der Waals surface area contributed by atoms with Gasteiger partial charge >= 0.3 is 0 Å². The first-order chi connectivity index (χ1) is 11.5. The number of nitrogens with one attached hydrogen (secondary N) is 1. The molecule has 2 atom stereocenters. The number of carbonyl (C=O) groups excluding carboxylic acids is 2. The summed E-state index contributed by atoms with van der Waals surface area (Å²) >= 11 is 0. The third-order valence-electron chi connectivity index (χ3n) is 5.05. The zero-order valence-electron chi connectivity index (χ0n) is 15.0. The molecule has 0 radical (unpaired) electrons. The maximum Gasteiger partial charge on any atom is 0.244 e. The van der Waals surface area contributed by atoms with Gasteiger partial charge in [0.2, 0.25) is 11.8 Å². The summed E-state index contributed by atoms with van der Waals surface area (Å²) in [4.78, 5) is 26.8. The van der Waals surface area contributed by atoms with Crippen molar-refractivity contribution >= 4 is 17.5 Å². The Balaban J connectivity index is 2.01. The zero-order chi connectivity index (χ0) is 17.7. The first kappa shape index (κ1) is 18.5. The van der Waals surface area contributed by atoms with Crippen molar-refractivity contribution in [3.8, 4) is 0 Å². The van der Waals surface area contributed by atoms with Gasteiger partial charge in [0.05, 0.1) is 6.54 Å². The lowest BCUT2D eigenvalue weighted by atomic mass is 9.94. The van der Waals surface area contributed by atoms with E-state index in [0.29, 0.717) is 13.1 Å². The van der Waals surface area contributed by atoms with Crippen LogP contribution in [0.15, 0.2) is 18.2 Å². The standard InChI is InChI=1S/C19H29N3O2/c1-4-22(19(24)16-10-6-9-15(16)11-20)12-17(23)21-18-13(2)7-5-8-14(18)3/h5,7-8,15-16H,4,6,9-12,20H2,1-3H3,(H,21,23)/t15-,16-/m1/s1. The molecule has 1 saturated carbocycles. The Hall–Kier alpha value is -1.88. The van der Waals surface area contributed by atoms with Crippen LogP contribution in [0, 0.1) is 25.7 Å². The van der Waals surface area contributed by atoms with Crippen LogP contribution in [-0.4, -0.2) is 36.3 Å². The Morgan fingerprint density at radius 1 is 1.25 bits per heavy atom. The molecule has 5 heteroatoms. The predicted octanol–water partition coefficient (Wildman–Crippen LogP) is 2.47. The molecule has 1 aromatic carbocycles. The van der Waals surface area contributed by atoms with Gasteiger partial charge in [-0.2, -0.15) is 0 Å². The van der Waals surface area contributed by atoms with Crippen molar-refractivity contribution < 1.29 is 9.59 Å². The third kappa shape index (κ3) is 4.15. The zero-order valence-corrected chi connectivity index (χ0v) is 15.0. The number of nitrogens with zero attached hydrogens (tertiary/aromatic N) is 1. The van der Waals surface area contributed by atoms with E-state index in [9.17, 15) is 9.59 Å². The van der Waals surface area contributed by atoms with Crippen molar-refractivity contribution in [2.45, 2.75) is 40.0 Å². The fourth-order valence-electron chi connectivity index (χ4n) is 3.59. The molecule has 5 nitrogen and oxygen atoms in total. The summed E-state index contributed by atoms with van der Waals surface area (Å²) in [6, 6.07) is 5.90. The van der Waals surface area contributed by atoms with Gasteiger partial charge in [-0.05, 0) is 57.2 Å². The first-order valence-corrected chi connectivity index (χ1v) is 8.82. The summed E-state index contributed by atoms with van der Waals surface area (Å²) in [6.07, 6.45) is 2.94. The second-order valence-electron chi connectivity index (χ2n) is 6.70. The van der Waals surface area contributed by atoms with Crippen LogP contribution in [0.4, 0.5) is 5.69 Å². The third-order valence-corrected chi connectivity index (χ3v) is 5.05. The van der Waals surface area contributed by atoms with Crippen LogP contribution >= 0.6 is 0 Å². The molecule has 1 fully saturated rings. The van der Waals surface area contributed by atoms with Crippen molar-refractivity contribution in [2.75, 3.05) is 25.0 Å². The quantitative estimate of drug-likeness (QED) is 0.841. The summed E-state index contributed by atoms with van der Waals surface area (Å²) in [5.41, 5.74) is 8.68. The molecule has 0 bridgehead atoms. The van der Waals surface area contributed by atoms with E-state index >= 15 is 0 Å². The summed E-state index contributed by atoms with van der Waals surface area (Å²) in [6.45, 7) is 7.02. The number of amides is 2. The Bertz CT molecular complexity index is 580. The number of carbonyl (C=O) groups is 2. The number of hydrogen-bond acceptors (Lipinski definition) is 3. The Morgan fingerprint density at radius 2 is 1.92 bits per heavy atom. The lowest BCUT2D eigenvalue weighted by Crippen LogP contribution is -2.43. The van der Waals surface area contributed by atoms with Crippen molar-refractivity contribution in [3.63, 3.8) is 0 Å². The second kappa shape index (κ2) is 8.29. The fourth-order valence-corrected chi connectivity index (χ4v) is 3.59. The predicted molar refractivity (Wildman–Crippen MR) is 96.7 cm³/mol. The second-order valence-corrected chi connectivity index (χ2v) is 6.70. The van der Waals surface area contributed by atoms with Crippen molar-refractivity contribution in [1.82, 2.24) is 4.90 Å². The molecule has 1 aliphatic rings. The van der Waals surface area contributed by atoms with Gasteiger partial charge in [0.25, 0.3) is 0 Å². The molecule has 0 spiro atoms.